The molecule has 0 N–H and O–H groups in total. The number of rotatable bonds is 4. The normalized spacial score (nSPS) is 12.2. The Morgan fingerprint density at radius 1 is 1.33 bits per heavy atom. The van der Waals surface area contributed by atoms with E-state index in [0.29, 0.717) is 4.88 Å². The topological polar surface area (TPSA) is 60.4 Å². The van der Waals surface area contributed by atoms with Gasteiger partial charge in [0.25, 0.3) is 9.05 Å². The van der Waals surface area contributed by atoms with Crippen LogP contribution in [0.25, 0.3) is 0 Å². The van der Waals surface area contributed by atoms with Crippen LogP contribution in [0.5, 0.6) is 0 Å². The highest BCUT2D eigenvalue weighted by Crippen LogP contribution is 2.35. The highest BCUT2D eigenvalue weighted by Gasteiger charge is 2.29. The minimum absolute atomic E-state index is 0.0207. The summed E-state index contributed by atoms with van der Waals surface area (Å²) in [6.07, 6.45) is -0.314. The van der Waals surface area contributed by atoms with Gasteiger partial charge < -0.3 is 4.74 Å². The number of carbonyl (C=O) groups excluding carboxylic acids is 1. The standard InChI is InChI=1S/C11H15ClO4S2/c1-6(2)9-10(18(12,14)15)8(5-17-9)11(13)16-7(3)4/h5-7H,1-4H3. The average molecular weight is 311 g/mol. The van der Waals surface area contributed by atoms with Crippen molar-refractivity contribution in [2.75, 3.05) is 0 Å². The second kappa shape index (κ2) is 5.59. The van der Waals surface area contributed by atoms with E-state index in [0.717, 1.165) is 0 Å². The maximum Gasteiger partial charge on any atom is 0.340 e. The highest BCUT2D eigenvalue weighted by atomic mass is 35.7. The predicted molar refractivity (Wildman–Crippen MR) is 72.0 cm³/mol. The van der Waals surface area contributed by atoms with Crippen LogP contribution in [-0.4, -0.2) is 20.5 Å². The fraction of sp³-hybridized carbons (Fsp3) is 0.545. The summed E-state index contributed by atoms with van der Waals surface area (Å²) in [5.74, 6) is -0.688. The predicted octanol–water partition coefficient (Wildman–Crippen LogP) is 3.36. The summed E-state index contributed by atoms with van der Waals surface area (Å²) in [7, 11) is 1.44. The van der Waals surface area contributed by atoms with Crippen LogP contribution in [0.15, 0.2) is 10.3 Å². The van der Waals surface area contributed by atoms with Gasteiger partial charge in [0.1, 0.15) is 4.90 Å². The van der Waals surface area contributed by atoms with Gasteiger partial charge in [-0.1, -0.05) is 13.8 Å². The van der Waals surface area contributed by atoms with Gasteiger partial charge in [0.2, 0.25) is 0 Å². The second-order valence-electron chi connectivity index (χ2n) is 4.39. The number of halogens is 1. The van der Waals surface area contributed by atoms with Gasteiger partial charge in [-0.25, -0.2) is 13.2 Å². The molecule has 0 saturated carbocycles. The van der Waals surface area contributed by atoms with Crippen molar-refractivity contribution in [3.05, 3.63) is 15.8 Å². The molecule has 0 atom stereocenters. The van der Waals surface area contributed by atoms with E-state index in [2.05, 4.69) is 0 Å². The molecule has 0 fully saturated rings. The first kappa shape index (κ1) is 15.5. The average Bonchev–Trinajstić information content (AvgIpc) is 2.59. The van der Waals surface area contributed by atoms with E-state index in [1.54, 1.807) is 13.8 Å². The van der Waals surface area contributed by atoms with Gasteiger partial charge in [0.05, 0.1) is 11.7 Å². The molecule has 0 unspecified atom stereocenters. The molecule has 0 saturated heterocycles. The summed E-state index contributed by atoms with van der Waals surface area (Å²) >= 11 is 1.20. The number of hydrogen-bond donors (Lipinski definition) is 0. The molecule has 102 valence electrons. The Labute approximate surface area is 115 Å². The van der Waals surface area contributed by atoms with Crippen molar-refractivity contribution < 1.29 is 17.9 Å². The molecule has 0 bridgehead atoms. The summed E-state index contributed by atoms with van der Waals surface area (Å²) in [5.41, 5.74) is 0.0207. The number of carbonyl (C=O) groups is 1. The molecular formula is C11H15ClO4S2. The highest BCUT2D eigenvalue weighted by molar-refractivity contribution is 8.14. The smallest absolute Gasteiger partial charge is 0.340 e. The fourth-order valence-electron chi connectivity index (χ4n) is 1.43. The Kier molecular flexibility index (Phi) is 4.80. The SMILES string of the molecule is CC(C)OC(=O)c1csc(C(C)C)c1S(=O)(=O)Cl. The summed E-state index contributed by atoms with van der Waals surface area (Å²) in [4.78, 5) is 12.3. The van der Waals surface area contributed by atoms with Crippen molar-refractivity contribution >= 4 is 37.0 Å². The van der Waals surface area contributed by atoms with Crippen molar-refractivity contribution in [2.45, 2.75) is 44.6 Å². The fourth-order valence-corrected chi connectivity index (χ4v) is 4.44. The zero-order chi connectivity index (χ0) is 14.1. The van der Waals surface area contributed by atoms with E-state index < -0.39 is 15.0 Å². The summed E-state index contributed by atoms with van der Waals surface area (Å²) in [5, 5.41) is 1.48. The van der Waals surface area contributed by atoms with Crippen molar-refractivity contribution in [1.82, 2.24) is 0 Å². The van der Waals surface area contributed by atoms with E-state index >= 15 is 0 Å². The van der Waals surface area contributed by atoms with Gasteiger partial charge in [-0.15, -0.1) is 11.3 Å². The Morgan fingerprint density at radius 3 is 2.28 bits per heavy atom. The van der Waals surface area contributed by atoms with Crippen LogP contribution >= 0.6 is 22.0 Å². The van der Waals surface area contributed by atoms with Gasteiger partial charge in [0, 0.05) is 20.9 Å². The largest absolute Gasteiger partial charge is 0.459 e. The van der Waals surface area contributed by atoms with Crippen LogP contribution in [0.3, 0.4) is 0 Å². The molecule has 0 aliphatic heterocycles. The first-order chi connectivity index (χ1) is 8.14. The lowest BCUT2D eigenvalue weighted by molar-refractivity contribution is 0.0374. The Morgan fingerprint density at radius 2 is 1.89 bits per heavy atom. The zero-order valence-electron chi connectivity index (χ0n) is 10.6. The van der Waals surface area contributed by atoms with Gasteiger partial charge in [-0.3, -0.25) is 0 Å². The molecule has 1 heterocycles. The molecule has 1 aromatic heterocycles. The first-order valence-corrected chi connectivity index (χ1v) is 8.60. The molecule has 18 heavy (non-hydrogen) atoms. The van der Waals surface area contributed by atoms with Crippen LogP contribution in [0, 0.1) is 0 Å². The lowest BCUT2D eigenvalue weighted by Crippen LogP contribution is -2.13. The molecule has 0 radical (unpaired) electrons. The maximum absolute atomic E-state index is 11.8. The number of hydrogen-bond acceptors (Lipinski definition) is 5. The molecule has 0 aliphatic carbocycles. The van der Waals surface area contributed by atoms with Gasteiger partial charge >= 0.3 is 5.97 Å². The van der Waals surface area contributed by atoms with E-state index in [-0.39, 0.29) is 22.5 Å². The van der Waals surface area contributed by atoms with E-state index in [1.165, 1.54) is 16.7 Å². The molecule has 0 aromatic carbocycles. The quantitative estimate of drug-likeness (QED) is 0.632. The Balaban J connectivity index is 3.34. The molecular weight excluding hydrogens is 296 g/mol. The molecule has 0 amide bonds. The minimum Gasteiger partial charge on any atom is -0.459 e. The van der Waals surface area contributed by atoms with Crippen LogP contribution in [0.1, 0.15) is 48.8 Å². The third kappa shape index (κ3) is 3.46. The third-order valence-corrected chi connectivity index (χ3v) is 4.91. The van der Waals surface area contributed by atoms with Crippen LogP contribution in [0.4, 0.5) is 0 Å². The molecule has 4 nitrogen and oxygen atoms in total. The number of esters is 1. The third-order valence-electron chi connectivity index (χ3n) is 2.10. The van der Waals surface area contributed by atoms with E-state index in [9.17, 15) is 13.2 Å². The summed E-state index contributed by atoms with van der Waals surface area (Å²) in [6.45, 7) is 7.08. The molecule has 1 aromatic rings. The van der Waals surface area contributed by atoms with Gasteiger partial charge in [-0.05, 0) is 19.8 Å². The lowest BCUT2D eigenvalue weighted by atomic mass is 10.1. The summed E-state index contributed by atoms with van der Waals surface area (Å²) < 4.78 is 28.2. The maximum atomic E-state index is 11.8. The van der Waals surface area contributed by atoms with Crippen LogP contribution in [0.2, 0.25) is 0 Å². The number of thiophene rings is 1. The molecule has 1 rings (SSSR count). The monoisotopic (exact) mass is 310 g/mol. The van der Waals surface area contributed by atoms with Crippen LogP contribution < -0.4 is 0 Å². The minimum atomic E-state index is -3.96. The molecule has 7 heteroatoms. The van der Waals surface area contributed by atoms with Crippen LogP contribution in [-0.2, 0) is 13.8 Å². The zero-order valence-corrected chi connectivity index (χ0v) is 12.9. The molecule has 0 aliphatic rings. The van der Waals surface area contributed by atoms with E-state index in [1.807, 2.05) is 13.8 Å². The van der Waals surface area contributed by atoms with Crippen molar-refractivity contribution in [2.24, 2.45) is 0 Å². The van der Waals surface area contributed by atoms with Crippen molar-refractivity contribution in [1.29, 1.82) is 0 Å². The van der Waals surface area contributed by atoms with Crippen molar-refractivity contribution in [3.63, 3.8) is 0 Å². The van der Waals surface area contributed by atoms with Gasteiger partial charge in [0.15, 0.2) is 0 Å². The number of ether oxygens (including phenoxy) is 1. The first-order valence-electron chi connectivity index (χ1n) is 5.41. The molecule has 0 spiro atoms. The Bertz CT molecular complexity index is 543. The second-order valence-corrected chi connectivity index (χ2v) is 7.80. The van der Waals surface area contributed by atoms with Crippen molar-refractivity contribution in [3.8, 4) is 0 Å². The van der Waals surface area contributed by atoms with E-state index in [4.69, 9.17) is 15.4 Å². The Hall–Kier alpha value is -0.590. The lowest BCUT2D eigenvalue weighted by Gasteiger charge is -2.09. The van der Waals surface area contributed by atoms with Gasteiger partial charge in [-0.2, -0.15) is 0 Å². The summed E-state index contributed by atoms with van der Waals surface area (Å²) in [6, 6.07) is 0.